The topological polar surface area (TPSA) is 80.4 Å². The molecular formula is C19H29N7O. The summed E-state index contributed by atoms with van der Waals surface area (Å²) in [5.74, 6) is 0. The number of amides is 2. The number of hydrogen-bond acceptors (Lipinski definition) is 5. The average molecular weight is 371 g/mol. The highest BCUT2D eigenvalue weighted by molar-refractivity contribution is 5.98. The van der Waals surface area contributed by atoms with Crippen LogP contribution in [0.4, 0.5) is 10.5 Å². The Morgan fingerprint density at radius 1 is 1.19 bits per heavy atom. The number of aromatic amines is 1. The fourth-order valence-corrected chi connectivity index (χ4v) is 4.13. The largest absolute Gasteiger partial charge is 0.322 e. The summed E-state index contributed by atoms with van der Waals surface area (Å²) in [6, 6.07) is 5.95. The maximum Gasteiger partial charge on any atom is 0.322 e. The molecule has 0 saturated carbocycles. The van der Waals surface area contributed by atoms with Crippen molar-refractivity contribution in [2.75, 3.05) is 51.6 Å². The van der Waals surface area contributed by atoms with Crippen molar-refractivity contribution < 1.29 is 4.79 Å². The predicted octanol–water partition coefficient (Wildman–Crippen LogP) is 1.98. The van der Waals surface area contributed by atoms with Crippen LogP contribution in [-0.4, -0.2) is 88.5 Å². The quantitative estimate of drug-likeness (QED) is 0.859. The molecule has 2 N–H and O–H groups in total. The number of H-pyrrole nitrogens is 1. The van der Waals surface area contributed by atoms with E-state index in [9.17, 15) is 4.79 Å². The van der Waals surface area contributed by atoms with Gasteiger partial charge in [0.1, 0.15) is 11.0 Å². The van der Waals surface area contributed by atoms with Crippen molar-refractivity contribution in [1.29, 1.82) is 0 Å². The van der Waals surface area contributed by atoms with Crippen molar-refractivity contribution in [3.8, 4) is 0 Å². The average Bonchev–Trinajstić information content (AvgIpc) is 3.18. The molecule has 2 amide bonds. The molecule has 146 valence electrons. The fourth-order valence-electron chi connectivity index (χ4n) is 4.13. The molecule has 2 saturated heterocycles. The normalized spacial score (nSPS) is 22.3. The van der Waals surface area contributed by atoms with Crippen LogP contribution >= 0.6 is 0 Å². The highest BCUT2D eigenvalue weighted by Gasteiger charge is 2.28. The molecule has 0 radical (unpaired) electrons. The molecule has 8 heteroatoms. The minimum Gasteiger partial charge on any atom is -0.322 e. The number of fused-ring (bicyclic) bond motifs is 1. The number of carbonyl (C=O) groups excluding carboxylic acids is 1. The van der Waals surface area contributed by atoms with E-state index in [0.717, 1.165) is 69.7 Å². The standard InChI is InChI=1S/C19H29N7O/c1-24-11-13-25(14-12-24)10-8-15-5-2-3-9-26(15)19(27)20-16-6-4-7-17-18(16)22-23-21-17/h4,6-7,15H,2-3,5,8-14H2,1H3,(H,20,27)(H,21,22,23)/t15-/m0/s1. The Balaban J connectivity index is 1.38. The second-order valence-electron chi connectivity index (χ2n) is 7.70. The molecule has 2 aromatic rings. The number of para-hydroxylation sites is 1. The van der Waals surface area contributed by atoms with Crippen LogP contribution in [0.1, 0.15) is 25.7 Å². The molecule has 1 atom stereocenters. The number of aromatic nitrogens is 3. The lowest BCUT2D eigenvalue weighted by Gasteiger charge is -2.38. The Hall–Kier alpha value is -2.19. The van der Waals surface area contributed by atoms with Crippen LogP contribution in [0.3, 0.4) is 0 Å². The van der Waals surface area contributed by atoms with Crippen LogP contribution in [0.25, 0.3) is 11.0 Å². The van der Waals surface area contributed by atoms with Gasteiger partial charge in [-0.3, -0.25) is 0 Å². The molecule has 2 fully saturated rings. The van der Waals surface area contributed by atoms with Crippen LogP contribution < -0.4 is 5.32 Å². The molecule has 1 aromatic heterocycles. The number of likely N-dealkylation sites (tertiary alicyclic amines) is 1. The summed E-state index contributed by atoms with van der Waals surface area (Å²) in [4.78, 5) is 19.9. The molecule has 1 aromatic carbocycles. The zero-order valence-electron chi connectivity index (χ0n) is 16.0. The number of nitrogens with zero attached hydrogens (tertiary/aromatic N) is 5. The molecule has 0 aliphatic carbocycles. The van der Waals surface area contributed by atoms with Gasteiger partial charge < -0.3 is 20.0 Å². The van der Waals surface area contributed by atoms with E-state index in [1.807, 2.05) is 23.1 Å². The SMILES string of the molecule is CN1CCN(CC[C@@H]2CCCCN2C(=O)Nc2cccc3n[nH]nc23)CC1. The second-order valence-corrected chi connectivity index (χ2v) is 7.70. The molecule has 3 heterocycles. The van der Waals surface area contributed by atoms with Crippen molar-refractivity contribution in [2.24, 2.45) is 0 Å². The first-order chi connectivity index (χ1) is 13.2. The van der Waals surface area contributed by atoms with E-state index in [0.29, 0.717) is 11.6 Å². The third-order valence-electron chi connectivity index (χ3n) is 5.85. The number of piperazine rings is 1. The van der Waals surface area contributed by atoms with Gasteiger partial charge in [0.15, 0.2) is 0 Å². The van der Waals surface area contributed by atoms with Crippen LogP contribution in [0.5, 0.6) is 0 Å². The zero-order valence-corrected chi connectivity index (χ0v) is 16.0. The van der Waals surface area contributed by atoms with Gasteiger partial charge in [0, 0.05) is 45.3 Å². The number of likely N-dealkylation sites (N-methyl/N-ethyl adjacent to an activating group) is 1. The number of rotatable bonds is 4. The molecule has 2 aliphatic heterocycles. The molecule has 0 bridgehead atoms. The number of carbonyl (C=O) groups is 1. The van der Waals surface area contributed by atoms with Gasteiger partial charge in [-0.05, 0) is 44.9 Å². The first-order valence-corrected chi connectivity index (χ1v) is 9.99. The maximum atomic E-state index is 13.0. The van der Waals surface area contributed by atoms with E-state index in [1.165, 1.54) is 6.42 Å². The van der Waals surface area contributed by atoms with Gasteiger partial charge in [0.05, 0.1) is 5.69 Å². The lowest BCUT2D eigenvalue weighted by atomic mass is 9.99. The molecule has 0 unspecified atom stereocenters. The van der Waals surface area contributed by atoms with Gasteiger partial charge >= 0.3 is 6.03 Å². The molecule has 8 nitrogen and oxygen atoms in total. The Kier molecular flexibility index (Phi) is 5.54. The van der Waals surface area contributed by atoms with Gasteiger partial charge in [-0.2, -0.15) is 15.4 Å². The van der Waals surface area contributed by atoms with Gasteiger partial charge in [-0.1, -0.05) is 6.07 Å². The first-order valence-electron chi connectivity index (χ1n) is 9.99. The zero-order chi connectivity index (χ0) is 18.6. The summed E-state index contributed by atoms with van der Waals surface area (Å²) < 4.78 is 0. The van der Waals surface area contributed by atoms with Crippen molar-refractivity contribution in [3.63, 3.8) is 0 Å². The van der Waals surface area contributed by atoms with Crippen molar-refractivity contribution >= 4 is 22.8 Å². The number of piperidine rings is 1. The molecular weight excluding hydrogens is 342 g/mol. The highest BCUT2D eigenvalue weighted by Crippen LogP contribution is 2.24. The lowest BCUT2D eigenvalue weighted by molar-refractivity contribution is 0.122. The third-order valence-corrected chi connectivity index (χ3v) is 5.85. The van der Waals surface area contributed by atoms with Gasteiger partial charge in [-0.15, -0.1) is 0 Å². The van der Waals surface area contributed by atoms with E-state index in [1.54, 1.807) is 0 Å². The minimum atomic E-state index is -0.0198. The van der Waals surface area contributed by atoms with Crippen LogP contribution in [0, 0.1) is 0 Å². The first kappa shape index (κ1) is 18.2. The minimum absolute atomic E-state index is 0.0198. The number of nitrogens with one attached hydrogen (secondary N) is 2. The van der Waals surface area contributed by atoms with Crippen LogP contribution in [0.2, 0.25) is 0 Å². The van der Waals surface area contributed by atoms with E-state index in [4.69, 9.17) is 0 Å². The predicted molar refractivity (Wildman–Crippen MR) is 106 cm³/mol. The number of anilines is 1. The number of hydrogen-bond donors (Lipinski definition) is 2. The fraction of sp³-hybridized carbons (Fsp3) is 0.632. The van der Waals surface area contributed by atoms with Gasteiger partial charge in [-0.25, -0.2) is 4.79 Å². The maximum absolute atomic E-state index is 13.0. The Morgan fingerprint density at radius 3 is 2.89 bits per heavy atom. The van der Waals surface area contributed by atoms with Gasteiger partial charge in [0.2, 0.25) is 0 Å². The highest BCUT2D eigenvalue weighted by atomic mass is 16.2. The lowest BCUT2D eigenvalue weighted by Crippen LogP contribution is -2.49. The van der Waals surface area contributed by atoms with E-state index in [2.05, 4.69) is 37.6 Å². The van der Waals surface area contributed by atoms with Crippen molar-refractivity contribution in [2.45, 2.75) is 31.7 Å². The Bertz CT molecular complexity index is 768. The molecule has 2 aliphatic rings. The van der Waals surface area contributed by atoms with E-state index < -0.39 is 0 Å². The number of urea groups is 1. The smallest absolute Gasteiger partial charge is 0.322 e. The Morgan fingerprint density at radius 2 is 2.04 bits per heavy atom. The third kappa shape index (κ3) is 4.22. The summed E-state index contributed by atoms with van der Waals surface area (Å²) in [7, 11) is 2.18. The van der Waals surface area contributed by atoms with E-state index >= 15 is 0 Å². The summed E-state index contributed by atoms with van der Waals surface area (Å²) in [5, 5.41) is 13.9. The Labute approximate surface area is 159 Å². The van der Waals surface area contributed by atoms with Crippen molar-refractivity contribution in [3.05, 3.63) is 18.2 Å². The summed E-state index contributed by atoms with van der Waals surface area (Å²) in [5.41, 5.74) is 2.18. The summed E-state index contributed by atoms with van der Waals surface area (Å²) in [6.45, 7) is 6.43. The molecule has 27 heavy (non-hydrogen) atoms. The molecule has 4 rings (SSSR count). The van der Waals surface area contributed by atoms with Gasteiger partial charge in [0.25, 0.3) is 0 Å². The summed E-state index contributed by atoms with van der Waals surface area (Å²) >= 11 is 0. The van der Waals surface area contributed by atoms with Crippen molar-refractivity contribution in [1.82, 2.24) is 30.1 Å². The monoisotopic (exact) mass is 371 g/mol. The number of benzene rings is 1. The molecule has 0 spiro atoms. The van der Waals surface area contributed by atoms with Crippen LogP contribution in [0.15, 0.2) is 18.2 Å². The second kappa shape index (κ2) is 8.22. The van der Waals surface area contributed by atoms with Crippen LogP contribution in [-0.2, 0) is 0 Å². The van der Waals surface area contributed by atoms with E-state index in [-0.39, 0.29) is 6.03 Å². The summed E-state index contributed by atoms with van der Waals surface area (Å²) in [6.07, 6.45) is 4.42.